The topological polar surface area (TPSA) is 32.3 Å². The Kier molecular flexibility index (Phi) is 5.19. The Morgan fingerprint density at radius 2 is 2.19 bits per heavy atom. The maximum absolute atomic E-state index is 13.2. The van der Waals surface area contributed by atoms with Gasteiger partial charge >= 0.3 is 0 Å². The highest BCUT2D eigenvalue weighted by Crippen LogP contribution is 2.20. The fraction of sp³-hybridized carbons (Fsp3) is 0.500. The van der Waals surface area contributed by atoms with Gasteiger partial charge in [0.2, 0.25) is 0 Å². The minimum atomic E-state index is -0.412. The second-order valence-corrected chi connectivity index (χ2v) is 4.26. The number of rotatable bonds is 5. The summed E-state index contributed by atoms with van der Waals surface area (Å²) in [6.45, 7) is 4.00. The van der Waals surface area contributed by atoms with Crippen LogP contribution in [0.1, 0.15) is 31.9 Å². The van der Waals surface area contributed by atoms with Crippen LogP contribution in [0.4, 0.5) is 4.39 Å². The van der Waals surface area contributed by atoms with Crippen LogP contribution in [0.5, 0.6) is 0 Å². The number of hydrogen-bond donors (Lipinski definition) is 2. The van der Waals surface area contributed by atoms with Crippen LogP contribution in [0.25, 0.3) is 0 Å². The van der Waals surface area contributed by atoms with E-state index in [1.54, 1.807) is 12.1 Å². The van der Waals surface area contributed by atoms with Crippen LogP contribution in [-0.2, 0) is 0 Å². The van der Waals surface area contributed by atoms with Crippen LogP contribution in [-0.4, -0.2) is 17.8 Å². The van der Waals surface area contributed by atoms with Gasteiger partial charge in [0.05, 0.1) is 11.6 Å². The average Bonchev–Trinajstić information content (AvgIpc) is 2.29. The first-order valence-corrected chi connectivity index (χ1v) is 5.78. The minimum Gasteiger partial charge on any atom is -0.395 e. The van der Waals surface area contributed by atoms with Gasteiger partial charge in [0.1, 0.15) is 5.82 Å². The van der Waals surface area contributed by atoms with E-state index in [4.69, 9.17) is 16.7 Å². The van der Waals surface area contributed by atoms with Gasteiger partial charge in [-0.3, -0.25) is 0 Å². The Bertz CT molecular complexity index is 342. The molecule has 0 fully saturated rings. The molecule has 16 heavy (non-hydrogen) atoms. The summed E-state index contributed by atoms with van der Waals surface area (Å²) >= 11 is 5.61. The normalized spacial score (nSPS) is 14.8. The van der Waals surface area contributed by atoms with Crippen LogP contribution < -0.4 is 5.32 Å². The fourth-order valence-corrected chi connectivity index (χ4v) is 1.65. The molecule has 0 bridgehead atoms. The Labute approximate surface area is 100 Å². The van der Waals surface area contributed by atoms with Crippen LogP contribution >= 0.6 is 11.6 Å². The highest BCUT2D eigenvalue weighted by atomic mass is 35.5. The van der Waals surface area contributed by atoms with Crippen molar-refractivity contribution >= 4 is 11.6 Å². The highest BCUT2D eigenvalue weighted by Gasteiger charge is 2.12. The third-order valence-electron chi connectivity index (χ3n) is 2.64. The number of aliphatic hydroxyl groups excluding tert-OH is 1. The first-order chi connectivity index (χ1) is 7.58. The van der Waals surface area contributed by atoms with Crippen molar-refractivity contribution in [1.29, 1.82) is 0 Å². The molecule has 0 radical (unpaired) electrons. The zero-order chi connectivity index (χ0) is 12.1. The van der Waals surface area contributed by atoms with E-state index in [1.807, 2.05) is 13.8 Å². The van der Waals surface area contributed by atoms with E-state index in [-0.39, 0.29) is 23.7 Å². The molecule has 1 unspecified atom stereocenters. The summed E-state index contributed by atoms with van der Waals surface area (Å²) in [6, 6.07) is 4.78. The molecule has 90 valence electrons. The summed E-state index contributed by atoms with van der Waals surface area (Å²) in [5.41, 5.74) is 0.828. The molecule has 0 spiro atoms. The predicted octanol–water partition coefficient (Wildman–Crippen LogP) is 2.90. The van der Waals surface area contributed by atoms with Crippen LogP contribution in [0, 0.1) is 5.82 Å². The lowest BCUT2D eigenvalue weighted by Crippen LogP contribution is -2.33. The van der Waals surface area contributed by atoms with Gasteiger partial charge in [-0.2, -0.15) is 0 Å². The zero-order valence-corrected chi connectivity index (χ0v) is 10.3. The van der Waals surface area contributed by atoms with E-state index < -0.39 is 5.82 Å². The average molecular weight is 246 g/mol. The first-order valence-electron chi connectivity index (χ1n) is 5.40. The van der Waals surface area contributed by atoms with Crippen LogP contribution in [0.3, 0.4) is 0 Å². The van der Waals surface area contributed by atoms with Crippen molar-refractivity contribution < 1.29 is 9.50 Å². The van der Waals surface area contributed by atoms with Gasteiger partial charge in [0.15, 0.2) is 0 Å². The largest absolute Gasteiger partial charge is 0.395 e. The van der Waals surface area contributed by atoms with E-state index in [0.717, 1.165) is 12.0 Å². The van der Waals surface area contributed by atoms with Gasteiger partial charge in [-0.1, -0.05) is 24.6 Å². The number of benzene rings is 1. The van der Waals surface area contributed by atoms with Gasteiger partial charge < -0.3 is 10.4 Å². The third kappa shape index (κ3) is 3.44. The summed E-state index contributed by atoms with van der Waals surface area (Å²) < 4.78 is 13.2. The van der Waals surface area contributed by atoms with Gasteiger partial charge in [0, 0.05) is 12.1 Å². The van der Waals surface area contributed by atoms with Crippen molar-refractivity contribution in [3.8, 4) is 0 Å². The summed E-state index contributed by atoms with van der Waals surface area (Å²) in [5.74, 6) is -0.412. The number of hydrogen-bond acceptors (Lipinski definition) is 2. The molecule has 2 atom stereocenters. The van der Waals surface area contributed by atoms with Crippen molar-refractivity contribution in [3.63, 3.8) is 0 Å². The van der Waals surface area contributed by atoms with Gasteiger partial charge in [-0.25, -0.2) is 4.39 Å². The Balaban J connectivity index is 2.72. The lowest BCUT2D eigenvalue weighted by atomic mass is 10.1. The van der Waals surface area contributed by atoms with E-state index in [0.29, 0.717) is 0 Å². The Morgan fingerprint density at radius 1 is 1.50 bits per heavy atom. The molecule has 0 aromatic heterocycles. The monoisotopic (exact) mass is 245 g/mol. The maximum atomic E-state index is 13.2. The quantitative estimate of drug-likeness (QED) is 0.836. The predicted molar refractivity (Wildman–Crippen MR) is 64.1 cm³/mol. The van der Waals surface area contributed by atoms with Crippen molar-refractivity contribution in [2.24, 2.45) is 0 Å². The molecular weight excluding hydrogens is 229 g/mol. The second-order valence-electron chi connectivity index (χ2n) is 3.85. The second kappa shape index (κ2) is 6.18. The summed E-state index contributed by atoms with van der Waals surface area (Å²) in [5, 5.41) is 12.4. The van der Waals surface area contributed by atoms with Crippen LogP contribution in [0.2, 0.25) is 5.02 Å². The fourth-order valence-electron chi connectivity index (χ4n) is 1.53. The Hall–Kier alpha value is -0.640. The SMILES string of the molecule is CC[C@@H](CO)NC(C)c1ccc(Cl)c(F)c1. The van der Waals surface area contributed by atoms with E-state index >= 15 is 0 Å². The smallest absolute Gasteiger partial charge is 0.142 e. The minimum absolute atomic E-state index is 0.0103. The maximum Gasteiger partial charge on any atom is 0.142 e. The molecule has 2 nitrogen and oxygen atoms in total. The van der Waals surface area contributed by atoms with Crippen LogP contribution in [0.15, 0.2) is 18.2 Å². The van der Waals surface area contributed by atoms with Gasteiger partial charge in [0.25, 0.3) is 0 Å². The molecule has 1 rings (SSSR count). The zero-order valence-electron chi connectivity index (χ0n) is 9.50. The van der Waals surface area contributed by atoms with Gasteiger partial charge in [-0.15, -0.1) is 0 Å². The summed E-state index contributed by atoms with van der Waals surface area (Å²) in [7, 11) is 0. The molecule has 1 aromatic carbocycles. The molecule has 4 heteroatoms. The van der Waals surface area contributed by atoms with Crippen molar-refractivity contribution in [1.82, 2.24) is 5.32 Å². The number of aliphatic hydroxyl groups is 1. The molecular formula is C12H17ClFNO. The molecule has 1 aromatic rings. The molecule has 0 aliphatic rings. The molecule has 0 amide bonds. The number of nitrogens with one attached hydrogen (secondary N) is 1. The third-order valence-corrected chi connectivity index (χ3v) is 2.95. The molecule has 0 aliphatic carbocycles. The molecule has 0 saturated carbocycles. The highest BCUT2D eigenvalue weighted by molar-refractivity contribution is 6.30. The lowest BCUT2D eigenvalue weighted by molar-refractivity contribution is 0.230. The number of halogens is 2. The molecule has 0 aliphatic heterocycles. The Morgan fingerprint density at radius 3 is 2.69 bits per heavy atom. The van der Waals surface area contributed by atoms with E-state index in [2.05, 4.69) is 5.32 Å². The molecule has 0 saturated heterocycles. The van der Waals surface area contributed by atoms with Crippen molar-refractivity contribution in [2.45, 2.75) is 32.4 Å². The summed E-state index contributed by atoms with van der Waals surface area (Å²) in [6.07, 6.45) is 0.830. The van der Waals surface area contributed by atoms with E-state index in [1.165, 1.54) is 6.07 Å². The lowest BCUT2D eigenvalue weighted by Gasteiger charge is -2.20. The van der Waals surface area contributed by atoms with Crippen molar-refractivity contribution in [3.05, 3.63) is 34.6 Å². The molecule has 0 heterocycles. The van der Waals surface area contributed by atoms with E-state index in [9.17, 15) is 4.39 Å². The summed E-state index contributed by atoms with van der Waals surface area (Å²) in [4.78, 5) is 0. The van der Waals surface area contributed by atoms with Gasteiger partial charge in [-0.05, 0) is 31.0 Å². The van der Waals surface area contributed by atoms with Crippen molar-refractivity contribution in [2.75, 3.05) is 6.61 Å². The first kappa shape index (κ1) is 13.4. The standard InChI is InChI=1S/C12H17ClFNO/c1-3-10(7-16)15-8(2)9-4-5-11(13)12(14)6-9/h4-6,8,10,15-16H,3,7H2,1-2H3/t8?,10-/m0/s1. The molecule has 2 N–H and O–H groups in total.